The second-order valence-corrected chi connectivity index (χ2v) is 14.9. The molecule has 2 aromatic heterocycles. The third kappa shape index (κ3) is 5.29. The summed E-state index contributed by atoms with van der Waals surface area (Å²) in [6.07, 6.45) is 0. The van der Waals surface area contributed by atoms with Crippen molar-refractivity contribution < 1.29 is 9.90 Å². The Morgan fingerprint density at radius 2 is 0.983 bits per heavy atom. The summed E-state index contributed by atoms with van der Waals surface area (Å²) in [7, 11) is 0. The number of hydrogen-bond donors (Lipinski definition) is 0. The van der Waals surface area contributed by atoms with Crippen molar-refractivity contribution in [1.82, 2.24) is 4.57 Å². The Hall–Kier alpha value is -7.88. The number of rotatable bonds is 6. The van der Waals surface area contributed by atoms with Gasteiger partial charge in [0.15, 0.2) is 0 Å². The first-order valence-corrected chi connectivity index (χ1v) is 19.9. The normalized spacial score (nSPS) is 12.7. The van der Waals surface area contributed by atoms with Gasteiger partial charge in [-0.1, -0.05) is 152 Å². The maximum Gasteiger partial charge on any atom is 0.143 e. The van der Waals surface area contributed by atoms with E-state index in [0.29, 0.717) is 11.4 Å². The van der Waals surface area contributed by atoms with E-state index in [1.54, 1.807) is 0 Å². The minimum absolute atomic E-state index is 0.135. The summed E-state index contributed by atoms with van der Waals surface area (Å²) >= 11 is 0. The van der Waals surface area contributed by atoms with Crippen LogP contribution >= 0.6 is 0 Å². The number of benzene rings is 10. The molecule has 0 saturated carbocycles. The maximum atomic E-state index is 9.91. The highest BCUT2D eigenvalue weighted by atomic mass is 16.3. The molecule has 0 atom stereocenters. The smallest absolute Gasteiger partial charge is 0.143 e. The average Bonchev–Trinajstić information content (AvgIpc) is 3.88. The summed E-state index contributed by atoms with van der Waals surface area (Å²) < 4.78 is 47.7. The van der Waals surface area contributed by atoms with E-state index in [-0.39, 0.29) is 35.5 Å². The van der Waals surface area contributed by atoms with Gasteiger partial charge in [-0.2, -0.15) is 0 Å². The van der Waals surface area contributed by atoms with Gasteiger partial charge in [-0.3, -0.25) is 0 Å². The predicted molar refractivity (Wildman–Crippen MR) is 249 cm³/mol. The van der Waals surface area contributed by atoms with Crippen molar-refractivity contribution in [3.63, 3.8) is 0 Å². The fourth-order valence-electron chi connectivity index (χ4n) is 9.01. The average molecular weight is 757 g/mol. The van der Waals surface area contributed by atoms with Crippen LogP contribution in [0, 0.1) is 0 Å². The van der Waals surface area contributed by atoms with E-state index in [2.05, 4.69) is 78.9 Å². The lowest BCUT2D eigenvalue weighted by Gasteiger charge is -2.28. The summed E-state index contributed by atoms with van der Waals surface area (Å²) in [5, 5.41) is 8.21. The van der Waals surface area contributed by atoms with Gasteiger partial charge in [-0.15, -0.1) is 0 Å². The van der Waals surface area contributed by atoms with Crippen molar-refractivity contribution in [2.45, 2.75) is 0 Å². The van der Waals surface area contributed by atoms with E-state index in [0.717, 1.165) is 87.5 Å². The number of para-hydroxylation sites is 4. The topological polar surface area (TPSA) is 21.3 Å². The summed E-state index contributed by atoms with van der Waals surface area (Å²) in [5.74, 6) is 0. The molecule has 12 rings (SSSR count). The molecule has 59 heavy (non-hydrogen) atoms. The molecule has 0 fully saturated rings. The lowest BCUT2D eigenvalue weighted by atomic mass is 9.93. The number of fused-ring (bicyclic) bond motifs is 9. The molecular formula is C56H36N2O. The van der Waals surface area contributed by atoms with Crippen LogP contribution < -0.4 is 4.90 Å². The summed E-state index contributed by atoms with van der Waals surface area (Å²) in [5.41, 5.74) is 8.93. The Morgan fingerprint density at radius 3 is 1.75 bits per heavy atom. The zero-order valence-electron chi connectivity index (χ0n) is 35.8. The number of hydrogen-bond acceptors (Lipinski definition) is 2. The Morgan fingerprint density at radius 1 is 0.407 bits per heavy atom. The van der Waals surface area contributed by atoms with Gasteiger partial charge in [0, 0.05) is 49.6 Å². The SMILES string of the molecule is [2H]c1c([2H])c(-n2c3ccccc3c3ccccc32)c([2H])c([2H])c1N(c1ccc(-c2cccc3ccccc23)cc1)c1ccccc1-c1cc2c3ccccc3oc2c2ccccc12. The molecule has 0 N–H and O–H groups in total. The molecule has 0 unspecified atom stereocenters. The molecule has 10 aromatic carbocycles. The van der Waals surface area contributed by atoms with Gasteiger partial charge in [0.05, 0.1) is 22.2 Å². The second kappa shape index (κ2) is 13.4. The second-order valence-electron chi connectivity index (χ2n) is 14.9. The van der Waals surface area contributed by atoms with Gasteiger partial charge in [-0.05, 0) is 99.5 Å². The van der Waals surface area contributed by atoms with E-state index in [1.165, 1.54) is 0 Å². The molecule has 3 heteroatoms. The number of nitrogens with zero attached hydrogens (tertiary/aromatic N) is 2. The number of aromatic nitrogens is 1. The maximum absolute atomic E-state index is 9.91. The van der Waals surface area contributed by atoms with Crippen molar-refractivity contribution in [3.05, 3.63) is 218 Å². The Bertz CT molecular complexity index is 3720. The molecule has 3 nitrogen and oxygen atoms in total. The van der Waals surface area contributed by atoms with Gasteiger partial charge in [-0.25, -0.2) is 0 Å². The molecule has 0 aliphatic rings. The van der Waals surface area contributed by atoms with Crippen LogP contribution in [0.4, 0.5) is 17.1 Å². The molecule has 0 aliphatic heterocycles. The highest BCUT2D eigenvalue weighted by Gasteiger charge is 2.22. The Balaban J connectivity index is 1.13. The summed E-state index contributed by atoms with van der Waals surface area (Å²) in [4.78, 5) is 1.91. The van der Waals surface area contributed by atoms with Crippen molar-refractivity contribution in [2.75, 3.05) is 4.90 Å². The van der Waals surface area contributed by atoms with E-state index in [4.69, 9.17) is 4.42 Å². The fraction of sp³-hybridized carbons (Fsp3) is 0. The van der Waals surface area contributed by atoms with Crippen LogP contribution in [0.15, 0.2) is 223 Å². The van der Waals surface area contributed by atoms with Crippen LogP contribution in [0.1, 0.15) is 5.48 Å². The fourth-order valence-corrected chi connectivity index (χ4v) is 9.01. The minimum Gasteiger partial charge on any atom is -0.455 e. The molecule has 12 aromatic rings. The van der Waals surface area contributed by atoms with Crippen molar-refractivity contribution in [3.8, 4) is 27.9 Å². The van der Waals surface area contributed by atoms with Crippen LogP contribution in [-0.2, 0) is 0 Å². The molecule has 0 radical (unpaired) electrons. The van der Waals surface area contributed by atoms with Gasteiger partial charge in [0.25, 0.3) is 0 Å². The third-order valence-electron chi connectivity index (χ3n) is 11.7. The lowest BCUT2D eigenvalue weighted by Crippen LogP contribution is -2.11. The van der Waals surface area contributed by atoms with E-state index in [1.807, 2.05) is 125 Å². The quantitative estimate of drug-likeness (QED) is 0.168. The largest absolute Gasteiger partial charge is 0.455 e. The molecule has 0 bridgehead atoms. The van der Waals surface area contributed by atoms with Crippen molar-refractivity contribution in [1.29, 1.82) is 0 Å². The molecular weight excluding hydrogens is 717 g/mol. The Labute approximate surface area is 346 Å². The van der Waals surface area contributed by atoms with Crippen molar-refractivity contribution >= 4 is 82.4 Å². The molecule has 276 valence electrons. The van der Waals surface area contributed by atoms with Crippen LogP contribution in [0.25, 0.3) is 93.2 Å². The number of anilines is 3. The van der Waals surface area contributed by atoms with Crippen LogP contribution in [0.2, 0.25) is 0 Å². The first-order chi connectivity index (χ1) is 31.0. The number of furan rings is 1. The van der Waals surface area contributed by atoms with E-state index >= 15 is 0 Å². The predicted octanol–water partition coefficient (Wildman–Crippen LogP) is 15.8. The Kier molecular flexibility index (Phi) is 6.65. The van der Waals surface area contributed by atoms with Crippen LogP contribution in [0.5, 0.6) is 0 Å². The molecule has 0 spiro atoms. The standard InChI is InChI=1S/C56H36N2O/c1-2-16-42-37(14-1)15-13-23-43(42)38-28-30-39(31-29-38)57(40-32-34-41(35-33-40)58-53-25-10-5-18-45(53)46-19-6-11-26-54(46)58)52-24-9-7-20-47(52)50-36-51-48-21-8-12-27-55(48)59-56(51)49-22-4-3-17-44(49)50/h1-36H/i32D,33D,34D,35D. The molecule has 0 aliphatic carbocycles. The van der Waals surface area contributed by atoms with Gasteiger partial charge in [0.2, 0.25) is 0 Å². The molecule has 0 saturated heterocycles. The zero-order chi connectivity index (χ0) is 42.3. The molecule has 2 heterocycles. The van der Waals surface area contributed by atoms with E-state index < -0.39 is 0 Å². The minimum atomic E-state index is -0.151. The third-order valence-corrected chi connectivity index (χ3v) is 11.7. The summed E-state index contributed by atoms with van der Waals surface area (Å²) in [6, 6.07) is 64.7. The van der Waals surface area contributed by atoms with Crippen LogP contribution in [0.3, 0.4) is 0 Å². The lowest BCUT2D eigenvalue weighted by molar-refractivity contribution is 0.672. The monoisotopic (exact) mass is 756 g/mol. The first-order valence-electron chi connectivity index (χ1n) is 21.9. The van der Waals surface area contributed by atoms with Gasteiger partial charge < -0.3 is 13.9 Å². The van der Waals surface area contributed by atoms with Crippen molar-refractivity contribution in [2.24, 2.45) is 0 Å². The summed E-state index contributed by atoms with van der Waals surface area (Å²) in [6.45, 7) is 0. The first kappa shape index (κ1) is 29.4. The van der Waals surface area contributed by atoms with Crippen LogP contribution in [-0.4, -0.2) is 4.57 Å². The molecule has 0 amide bonds. The highest BCUT2D eigenvalue weighted by Crippen LogP contribution is 2.46. The van der Waals surface area contributed by atoms with Gasteiger partial charge in [0.1, 0.15) is 11.2 Å². The zero-order valence-corrected chi connectivity index (χ0v) is 31.8. The van der Waals surface area contributed by atoms with Gasteiger partial charge >= 0.3 is 0 Å². The van der Waals surface area contributed by atoms with E-state index in [9.17, 15) is 5.48 Å². The highest BCUT2D eigenvalue weighted by molar-refractivity contribution is 6.20.